The maximum Gasteiger partial charge on any atom is 0.332 e. The Hall–Kier alpha value is -1.32. The zero-order valence-corrected chi connectivity index (χ0v) is 29.8. The molecule has 0 radical (unpaired) electrons. The Bertz CT molecular complexity index is 612. The van der Waals surface area contributed by atoms with Gasteiger partial charge in [0.25, 0.3) is 0 Å². The molecule has 0 unspecified atom stereocenters. The van der Waals surface area contributed by atoms with Crippen LogP contribution in [0.4, 0.5) is 0 Å². The smallest absolute Gasteiger partial charge is 0.332 e. The van der Waals surface area contributed by atoms with Gasteiger partial charge in [0.2, 0.25) is 0 Å². The number of unbranched alkanes of at least 4 members (excludes halogenated alkanes) is 30. The molecule has 0 amide bonds. The highest BCUT2D eigenvalue weighted by Gasteiger charge is 2.19. The Labute approximate surface area is 274 Å². The molecule has 44 heavy (non-hydrogen) atoms. The lowest BCUT2D eigenvalue weighted by Gasteiger charge is -2.10. The van der Waals surface area contributed by atoms with Crippen molar-refractivity contribution in [3.8, 4) is 0 Å². The quantitative estimate of drug-likeness (QED) is 0.0540. The van der Waals surface area contributed by atoms with E-state index in [4.69, 9.17) is 0 Å². The van der Waals surface area contributed by atoms with Gasteiger partial charge >= 0.3 is 11.9 Å². The Kier molecular flexibility index (Phi) is 33.5. The van der Waals surface area contributed by atoms with Crippen LogP contribution in [0.15, 0.2) is 11.1 Å². The van der Waals surface area contributed by atoms with Gasteiger partial charge in [-0.3, -0.25) is 0 Å². The van der Waals surface area contributed by atoms with Crippen molar-refractivity contribution in [3.63, 3.8) is 0 Å². The Morgan fingerprint density at radius 2 is 0.455 bits per heavy atom. The minimum atomic E-state index is -1.04. The largest absolute Gasteiger partial charge is 0.478 e. The van der Waals surface area contributed by atoms with Gasteiger partial charge in [-0.2, -0.15) is 0 Å². The molecular weight excluding hydrogens is 544 g/mol. The summed E-state index contributed by atoms with van der Waals surface area (Å²) >= 11 is 0. The van der Waals surface area contributed by atoms with Crippen LogP contribution in [0.2, 0.25) is 0 Å². The summed E-state index contributed by atoms with van der Waals surface area (Å²) in [5.41, 5.74) is 0.285. The third-order valence-electron chi connectivity index (χ3n) is 9.44. The molecule has 0 aromatic heterocycles. The van der Waals surface area contributed by atoms with E-state index in [1.807, 2.05) is 0 Å². The van der Waals surface area contributed by atoms with E-state index in [9.17, 15) is 19.8 Å². The molecular formula is C40H76O4. The van der Waals surface area contributed by atoms with Crippen LogP contribution in [-0.2, 0) is 9.59 Å². The van der Waals surface area contributed by atoms with E-state index < -0.39 is 11.9 Å². The average Bonchev–Trinajstić information content (AvgIpc) is 3.00. The van der Waals surface area contributed by atoms with E-state index in [1.165, 1.54) is 167 Å². The fraction of sp³-hybridized carbons (Fsp3) is 0.900. The fourth-order valence-electron chi connectivity index (χ4n) is 6.47. The van der Waals surface area contributed by atoms with Gasteiger partial charge in [-0.15, -0.1) is 0 Å². The van der Waals surface area contributed by atoms with Crippen LogP contribution in [0.3, 0.4) is 0 Å². The predicted molar refractivity (Wildman–Crippen MR) is 191 cm³/mol. The Morgan fingerprint density at radius 1 is 0.295 bits per heavy atom. The lowest BCUT2D eigenvalue weighted by molar-refractivity contribution is -0.136. The standard InChI is InChI=1S/C40H76O4/c1-3-5-7-9-11-13-15-17-19-21-23-25-27-29-31-33-35-37(39(41)42)38(40(43)44)36-34-32-30-28-26-24-22-20-18-16-14-12-10-8-6-4-2/h3-36H2,1-2H3,(H,41,42)(H,43,44)/b38-37-. The van der Waals surface area contributed by atoms with Crippen molar-refractivity contribution < 1.29 is 19.8 Å². The van der Waals surface area contributed by atoms with Crippen molar-refractivity contribution in [2.75, 3.05) is 0 Å². The third-order valence-corrected chi connectivity index (χ3v) is 9.44. The van der Waals surface area contributed by atoms with Gasteiger partial charge in [0.05, 0.1) is 0 Å². The highest BCUT2D eigenvalue weighted by Crippen LogP contribution is 2.22. The first-order valence-electron chi connectivity index (χ1n) is 19.7. The monoisotopic (exact) mass is 621 g/mol. The first-order valence-corrected chi connectivity index (χ1v) is 19.7. The molecule has 0 aromatic rings. The number of carboxylic acids is 2. The number of hydrogen-bond acceptors (Lipinski definition) is 2. The summed E-state index contributed by atoms with van der Waals surface area (Å²) in [5, 5.41) is 19.5. The zero-order chi connectivity index (χ0) is 32.4. The van der Waals surface area contributed by atoms with Crippen LogP contribution in [-0.4, -0.2) is 22.2 Å². The molecule has 0 spiro atoms. The molecule has 0 atom stereocenters. The zero-order valence-electron chi connectivity index (χ0n) is 29.8. The molecule has 2 N–H and O–H groups in total. The maximum absolute atomic E-state index is 11.9. The van der Waals surface area contributed by atoms with Gasteiger partial charge in [-0.25, -0.2) is 9.59 Å². The second-order valence-electron chi connectivity index (χ2n) is 13.7. The maximum atomic E-state index is 11.9. The van der Waals surface area contributed by atoms with E-state index in [0.717, 1.165) is 38.5 Å². The summed E-state index contributed by atoms with van der Waals surface area (Å²) in [7, 11) is 0. The normalized spacial score (nSPS) is 12.0. The molecule has 0 aromatic carbocycles. The average molecular weight is 621 g/mol. The molecule has 260 valence electrons. The predicted octanol–water partition coefficient (Wildman–Crippen LogP) is 13.8. The highest BCUT2D eigenvalue weighted by molar-refractivity contribution is 5.98. The minimum absolute atomic E-state index is 0.142. The summed E-state index contributed by atoms with van der Waals surface area (Å²) in [6.07, 6.45) is 41.7. The summed E-state index contributed by atoms with van der Waals surface area (Å²) in [4.78, 5) is 23.8. The molecule has 0 aliphatic carbocycles. The summed E-state index contributed by atoms with van der Waals surface area (Å²) in [5.74, 6) is -2.08. The van der Waals surface area contributed by atoms with Crippen LogP contribution >= 0.6 is 0 Å². The topological polar surface area (TPSA) is 74.6 Å². The van der Waals surface area contributed by atoms with Crippen molar-refractivity contribution in [2.45, 2.75) is 232 Å². The number of hydrogen-bond donors (Lipinski definition) is 2. The van der Waals surface area contributed by atoms with E-state index in [-0.39, 0.29) is 11.1 Å². The van der Waals surface area contributed by atoms with Gasteiger partial charge in [0.15, 0.2) is 0 Å². The van der Waals surface area contributed by atoms with Gasteiger partial charge < -0.3 is 10.2 Å². The van der Waals surface area contributed by atoms with Crippen LogP contribution in [0, 0.1) is 0 Å². The van der Waals surface area contributed by atoms with Crippen LogP contribution in [0.1, 0.15) is 232 Å². The second-order valence-corrected chi connectivity index (χ2v) is 13.7. The molecule has 0 aliphatic heterocycles. The van der Waals surface area contributed by atoms with Crippen molar-refractivity contribution in [3.05, 3.63) is 11.1 Å². The van der Waals surface area contributed by atoms with Crippen molar-refractivity contribution in [2.24, 2.45) is 0 Å². The van der Waals surface area contributed by atoms with Crippen LogP contribution < -0.4 is 0 Å². The van der Waals surface area contributed by atoms with Gasteiger partial charge in [0.1, 0.15) is 0 Å². The fourth-order valence-corrected chi connectivity index (χ4v) is 6.47. The molecule has 0 aliphatic rings. The van der Waals surface area contributed by atoms with E-state index in [1.54, 1.807) is 0 Å². The molecule has 0 rings (SSSR count). The van der Waals surface area contributed by atoms with E-state index in [0.29, 0.717) is 12.8 Å². The second kappa shape index (κ2) is 34.6. The number of aliphatic carboxylic acids is 2. The molecule has 0 fully saturated rings. The van der Waals surface area contributed by atoms with Crippen molar-refractivity contribution >= 4 is 11.9 Å². The highest BCUT2D eigenvalue weighted by atomic mass is 16.4. The summed E-state index contributed by atoms with van der Waals surface area (Å²) in [6, 6.07) is 0. The molecule has 4 heteroatoms. The van der Waals surface area contributed by atoms with E-state index >= 15 is 0 Å². The van der Waals surface area contributed by atoms with Crippen LogP contribution in [0.25, 0.3) is 0 Å². The SMILES string of the molecule is CCCCCCCCCCCCCCCCCC/C(C(=O)O)=C(\CCCCCCCCCCCCCCCCCC)C(=O)O. The summed E-state index contributed by atoms with van der Waals surface area (Å²) < 4.78 is 0. The summed E-state index contributed by atoms with van der Waals surface area (Å²) in [6.45, 7) is 4.54. The molecule has 0 heterocycles. The molecule has 4 nitrogen and oxygen atoms in total. The lowest BCUT2D eigenvalue weighted by Crippen LogP contribution is -2.12. The van der Waals surface area contributed by atoms with Crippen molar-refractivity contribution in [1.29, 1.82) is 0 Å². The van der Waals surface area contributed by atoms with Gasteiger partial charge in [-0.1, -0.05) is 206 Å². The minimum Gasteiger partial charge on any atom is -0.478 e. The Morgan fingerprint density at radius 3 is 0.614 bits per heavy atom. The van der Waals surface area contributed by atoms with Gasteiger partial charge in [-0.05, 0) is 25.7 Å². The molecule has 0 bridgehead atoms. The number of carboxylic acid groups (broad SMARTS) is 2. The Balaban J connectivity index is 3.84. The first kappa shape index (κ1) is 42.7. The van der Waals surface area contributed by atoms with Crippen molar-refractivity contribution in [1.82, 2.24) is 0 Å². The lowest BCUT2D eigenvalue weighted by atomic mass is 9.96. The molecule has 0 saturated heterocycles. The number of rotatable bonds is 36. The third kappa shape index (κ3) is 29.4. The molecule has 0 saturated carbocycles. The number of carbonyl (C=O) groups is 2. The first-order chi connectivity index (χ1) is 21.5. The van der Waals surface area contributed by atoms with E-state index in [2.05, 4.69) is 13.8 Å². The van der Waals surface area contributed by atoms with Crippen LogP contribution in [0.5, 0.6) is 0 Å². The van der Waals surface area contributed by atoms with Gasteiger partial charge in [0, 0.05) is 11.1 Å².